The number of phenols is 1. The fraction of sp³-hybridized carbons (Fsp3) is 0.133. The lowest BCUT2D eigenvalue weighted by molar-refractivity contribution is 0.251. The average Bonchev–Trinajstić information content (AvgIpc) is 2.47. The van der Waals surface area contributed by atoms with Crippen molar-refractivity contribution in [2.24, 2.45) is 0 Å². The largest absolute Gasteiger partial charge is 0.508 e. The van der Waals surface area contributed by atoms with E-state index < -0.39 is 0 Å². The van der Waals surface area contributed by atoms with E-state index in [-0.39, 0.29) is 11.8 Å². The van der Waals surface area contributed by atoms with Gasteiger partial charge in [-0.2, -0.15) is 0 Å². The lowest BCUT2D eigenvalue weighted by Gasteiger charge is -2.08. The molecule has 2 aromatic carbocycles. The van der Waals surface area contributed by atoms with Crippen LogP contribution in [-0.4, -0.2) is 18.2 Å². The molecule has 0 heterocycles. The first-order chi connectivity index (χ1) is 9.67. The highest BCUT2D eigenvalue weighted by molar-refractivity contribution is 5.89. The van der Waals surface area contributed by atoms with Crippen LogP contribution in [0.3, 0.4) is 0 Å². The Balaban J connectivity index is 1.84. The van der Waals surface area contributed by atoms with Crippen LogP contribution in [0.15, 0.2) is 48.5 Å². The number of hydrogen-bond acceptors (Lipinski definition) is 3. The third kappa shape index (κ3) is 3.91. The summed E-state index contributed by atoms with van der Waals surface area (Å²) >= 11 is 0. The number of amides is 2. The fourth-order valence-corrected chi connectivity index (χ4v) is 1.65. The number of hydrogen-bond donors (Lipinski definition) is 3. The normalized spacial score (nSPS) is 9.85. The van der Waals surface area contributed by atoms with Crippen molar-refractivity contribution in [3.05, 3.63) is 54.1 Å². The van der Waals surface area contributed by atoms with Crippen LogP contribution in [0, 0.1) is 0 Å². The number of aromatic hydroxyl groups is 1. The number of phenolic OH excluding ortho intramolecular Hbond substituents is 1. The first kappa shape index (κ1) is 13.7. The molecular formula is C15H16N2O3. The molecule has 5 heteroatoms. The van der Waals surface area contributed by atoms with Crippen molar-refractivity contribution in [3.8, 4) is 11.5 Å². The Morgan fingerprint density at radius 3 is 2.35 bits per heavy atom. The molecule has 0 aromatic heterocycles. The predicted octanol–water partition coefficient (Wildman–Crippen LogP) is 2.72. The minimum absolute atomic E-state index is 0.205. The van der Waals surface area contributed by atoms with Crippen LogP contribution in [0.25, 0.3) is 0 Å². The van der Waals surface area contributed by atoms with Crippen molar-refractivity contribution in [3.63, 3.8) is 0 Å². The van der Waals surface area contributed by atoms with E-state index in [2.05, 4.69) is 10.6 Å². The molecule has 5 nitrogen and oxygen atoms in total. The Hall–Kier alpha value is -2.69. The van der Waals surface area contributed by atoms with Gasteiger partial charge in [-0.15, -0.1) is 0 Å². The van der Waals surface area contributed by atoms with Crippen molar-refractivity contribution < 1.29 is 14.6 Å². The zero-order valence-corrected chi connectivity index (χ0v) is 11.1. The van der Waals surface area contributed by atoms with Crippen molar-refractivity contribution in [1.29, 1.82) is 0 Å². The molecule has 2 aromatic rings. The summed E-state index contributed by atoms with van der Waals surface area (Å²) in [5.74, 6) is 0.941. The minimum Gasteiger partial charge on any atom is -0.508 e. The lowest BCUT2D eigenvalue weighted by Crippen LogP contribution is -2.28. The number of anilines is 1. The maximum absolute atomic E-state index is 11.7. The van der Waals surface area contributed by atoms with E-state index in [1.54, 1.807) is 55.6 Å². The standard InChI is InChI=1S/C15H16N2O3/c1-20-14-8-4-12(5-9-14)17-15(19)16-10-11-2-6-13(18)7-3-11/h2-9,18H,10H2,1H3,(H2,16,17,19). The number of carbonyl (C=O) groups excluding carboxylic acids is 1. The van der Waals surface area contributed by atoms with Gasteiger partial charge in [0, 0.05) is 12.2 Å². The Morgan fingerprint density at radius 2 is 1.75 bits per heavy atom. The van der Waals surface area contributed by atoms with Crippen LogP contribution in [0.5, 0.6) is 11.5 Å². The quantitative estimate of drug-likeness (QED) is 0.801. The van der Waals surface area contributed by atoms with Crippen molar-refractivity contribution in [2.45, 2.75) is 6.54 Å². The molecule has 2 rings (SSSR count). The summed E-state index contributed by atoms with van der Waals surface area (Å²) in [7, 11) is 1.59. The molecule has 104 valence electrons. The predicted molar refractivity (Wildman–Crippen MR) is 77.0 cm³/mol. The molecule has 3 N–H and O–H groups in total. The average molecular weight is 272 g/mol. The number of benzene rings is 2. The number of nitrogens with one attached hydrogen (secondary N) is 2. The number of rotatable bonds is 4. The van der Waals surface area contributed by atoms with Gasteiger partial charge >= 0.3 is 6.03 Å². The van der Waals surface area contributed by atoms with Crippen LogP contribution < -0.4 is 15.4 Å². The molecule has 0 aliphatic rings. The van der Waals surface area contributed by atoms with Gasteiger partial charge in [0.1, 0.15) is 11.5 Å². The molecule has 0 saturated carbocycles. The molecule has 0 bridgehead atoms. The van der Waals surface area contributed by atoms with E-state index in [1.165, 1.54) is 0 Å². The molecule has 0 atom stereocenters. The Morgan fingerprint density at radius 1 is 1.10 bits per heavy atom. The Kier molecular flexibility index (Phi) is 4.44. The molecule has 0 spiro atoms. The zero-order valence-electron chi connectivity index (χ0n) is 11.1. The third-order valence-electron chi connectivity index (χ3n) is 2.74. The van der Waals surface area contributed by atoms with Crippen molar-refractivity contribution in [1.82, 2.24) is 5.32 Å². The van der Waals surface area contributed by atoms with Gasteiger partial charge in [-0.3, -0.25) is 0 Å². The molecule has 0 fully saturated rings. The van der Waals surface area contributed by atoms with Crippen LogP contribution in [0.1, 0.15) is 5.56 Å². The van der Waals surface area contributed by atoms with Crippen molar-refractivity contribution >= 4 is 11.7 Å². The Labute approximate surface area is 117 Å². The summed E-state index contributed by atoms with van der Waals surface area (Å²) in [6.45, 7) is 0.391. The maximum Gasteiger partial charge on any atom is 0.319 e. The van der Waals surface area contributed by atoms with E-state index in [9.17, 15) is 4.79 Å². The maximum atomic E-state index is 11.7. The minimum atomic E-state index is -0.289. The van der Waals surface area contributed by atoms with Crippen molar-refractivity contribution in [2.75, 3.05) is 12.4 Å². The van der Waals surface area contributed by atoms with E-state index in [1.807, 2.05) is 0 Å². The van der Waals surface area contributed by atoms with Crippen LogP contribution in [0.4, 0.5) is 10.5 Å². The summed E-state index contributed by atoms with van der Waals surface area (Å²) in [6, 6.07) is 13.5. The smallest absolute Gasteiger partial charge is 0.319 e. The summed E-state index contributed by atoms with van der Waals surface area (Å²) in [6.07, 6.45) is 0. The van der Waals surface area contributed by atoms with Gasteiger partial charge in [0.15, 0.2) is 0 Å². The van der Waals surface area contributed by atoms with Gasteiger partial charge in [-0.25, -0.2) is 4.79 Å². The van der Waals surface area contributed by atoms with Gasteiger partial charge in [0.05, 0.1) is 7.11 Å². The first-order valence-corrected chi connectivity index (χ1v) is 6.14. The number of methoxy groups -OCH3 is 1. The second-order valence-electron chi connectivity index (χ2n) is 4.20. The Bertz CT molecular complexity index is 565. The van der Waals surface area contributed by atoms with Crippen LogP contribution in [-0.2, 0) is 6.54 Å². The monoisotopic (exact) mass is 272 g/mol. The van der Waals surface area contributed by atoms with Gasteiger partial charge in [0.25, 0.3) is 0 Å². The topological polar surface area (TPSA) is 70.6 Å². The number of carbonyl (C=O) groups is 1. The van der Waals surface area contributed by atoms with Gasteiger partial charge in [-0.1, -0.05) is 12.1 Å². The van der Waals surface area contributed by atoms with E-state index in [0.29, 0.717) is 12.2 Å². The van der Waals surface area contributed by atoms with Gasteiger partial charge in [-0.05, 0) is 42.0 Å². The lowest BCUT2D eigenvalue weighted by atomic mass is 10.2. The van der Waals surface area contributed by atoms with Gasteiger partial charge in [0.2, 0.25) is 0 Å². The molecule has 0 radical (unpaired) electrons. The molecule has 20 heavy (non-hydrogen) atoms. The molecule has 2 amide bonds. The van der Waals surface area contributed by atoms with Crippen LogP contribution >= 0.6 is 0 Å². The SMILES string of the molecule is COc1ccc(NC(=O)NCc2ccc(O)cc2)cc1. The first-order valence-electron chi connectivity index (χ1n) is 6.14. The third-order valence-corrected chi connectivity index (χ3v) is 2.74. The van der Waals surface area contributed by atoms with E-state index in [4.69, 9.17) is 9.84 Å². The summed E-state index contributed by atoms with van der Waals surface area (Å²) in [5, 5.41) is 14.6. The van der Waals surface area contributed by atoms with E-state index >= 15 is 0 Å². The summed E-state index contributed by atoms with van der Waals surface area (Å²) < 4.78 is 5.04. The highest BCUT2D eigenvalue weighted by Crippen LogP contribution is 2.15. The molecule has 0 aliphatic heterocycles. The van der Waals surface area contributed by atoms with Gasteiger partial charge < -0.3 is 20.5 Å². The summed E-state index contributed by atoms with van der Waals surface area (Å²) in [4.78, 5) is 11.7. The fourth-order valence-electron chi connectivity index (χ4n) is 1.65. The number of urea groups is 1. The summed E-state index contributed by atoms with van der Waals surface area (Å²) in [5.41, 5.74) is 1.60. The van der Waals surface area contributed by atoms with Crippen LogP contribution in [0.2, 0.25) is 0 Å². The van der Waals surface area contributed by atoms with E-state index in [0.717, 1.165) is 11.3 Å². The zero-order chi connectivity index (χ0) is 14.4. The second kappa shape index (κ2) is 6.47. The second-order valence-corrected chi connectivity index (χ2v) is 4.20. The molecule has 0 unspecified atom stereocenters. The molecular weight excluding hydrogens is 256 g/mol. The molecule has 0 saturated heterocycles. The highest BCUT2D eigenvalue weighted by Gasteiger charge is 2.02. The highest BCUT2D eigenvalue weighted by atomic mass is 16.5. The molecule has 0 aliphatic carbocycles. The number of ether oxygens (including phenoxy) is 1.